The fourth-order valence-electron chi connectivity index (χ4n) is 4.95. The highest BCUT2D eigenvalue weighted by atomic mass is 16.5. The molecule has 4 heteroatoms. The monoisotopic (exact) mass is 465 g/mol. The van der Waals surface area contributed by atoms with Gasteiger partial charge in [0, 0.05) is 17.7 Å². The van der Waals surface area contributed by atoms with Crippen LogP contribution in [0.4, 0.5) is 0 Å². The predicted molar refractivity (Wildman–Crippen MR) is 141 cm³/mol. The molecule has 1 fully saturated rings. The van der Waals surface area contributed by atoms with Crippen LogP contribution in [0.3, 0.4) is 0 Å². The van der Waals surface area contributed by atoms with Gasteiger partial charge in [-0.25, -0.2) is 0 Å². The number of ether oxygens (including phenoxy) is 1. The van der Waals surface area contributed by atoms with Crippen molar-refractivity contribution in [2.24, 2.45) is 0 Å². The Morgan fingerprint density at radius 3 is 2.26 bits per heavy atom. The van der Waals surface area contributed by atoms with Crippen LogP contribution in [0.1, 0.15) is 41.6 Å². The van der Waals surface area contributed by atoms with Crippen LogP contribution in [0, 0.1) is 0 Å². The lowest BCUT2D eigenvalue weighted by molar-refractivity contribution is 0.103. The minimum Gasteiger partial charge on any atom is -0.507 e. The van der Waals surface area contributed by atoms with Gasteiger partial charge in [-0.05, 0) is 72.6 Å². The lowest BCUT2D eigenvalue weighted by Crippen LogP contribution is -2.29. The number of benzene rings is 4. The number of carbonyl (C=O) groups is 1. The Hall–Kier alpha value is -3.63. The van der Waals surface area contributed by atoms with E-state index in [9.17, 15) is 9.90 Å². The van der Waals surface area contributed by atoms with Crippen molar-refractivity contribution >= 4 is 16.6 Å². The Balaban J connectivity index is 1.42. The number of rotatable bonds is 7. The molecule has 35 heavy (non-hydrogen) atoms. The summed E-state index contributed by atoms with van der Waals surface area (Å²) in [5.74, 6) is 0.629. The van der Waals surface area contributed by atoms with Gasteiger partial charge in [0.2, 0.25) is 0 Å². The van der Waals surface area contributed by atoms with E-state index in [-0.39, 0.29) is 11.5 Å². The standard InChI is InChI=1S/C31H31NO3/c33-29-12-6-5-11-27(29)31(34)28-18-15-23-9-3-4-10-26(23)30(28)24-13-16-25(17-14-24)35-22-21-32-19-7-1-2-8-20-32/h3-6,9-18,33H,1-2,7-8,19-22H2. The van der Waals surface area contributed by atoms with Crippen molar-refractivity contribution < 1.29 is 14.6 Å². The summed E-state index contributed by atoms with van der Waals surface area (Å²) in [5.41, 5.74) is 2.69. The third-order valence-electron chi connectivity index (χ3n) is 6.84. The van der Waals surface area contributed by atoms with E-state index in [0.29, 0.717) is 17.7 Å². The smallest absolute Gasteiger partial charge is 0.197 e. The summed E-state index contributed by atoms with van der Waals surface area (Å²) in [6.45, 7) is 3.95. The maximum absolute atomic E-state index is 13.5. The van der Waals surface area contributed by atoms with Gasteiger partial charge in [0.15, 0.2) is 5.78 Å². The van der Waals surface area contributed by atoms with Crippen molar-refractivity contribution in [3.05, 3.63) is 96.1 Å². The molecular weight excluding hydrogens is 434 g/mol. The second kappa shape index (κ2) is 10.7. The molecule has 1 N–H and O–H groups in total. The van der Waals surface area contributed by atoms with Gasteiger partial charge < -0.3 is 9.84 Å². The van der Waals surface area contributed by atoms with E-state index >= 15 is 0 Å². The van der Waals surface area contributed by atoms with E-state index in [1.54, 1.807) is 24.3 Å². The van der Waals surface area contributed by atoms with Gasteiger partial charge in [-0.1, -0.05) is 67.4 Å². The van der Waals surface area contributed by atoms with Crippen LogP contribution >= 0.6 is 0 Å². The molecular formula is C31H31NO3. The number of aromatic hydroxyl groups is 1. The molecule has 4 aromatic rings. The first-order valence-electron chi connectivity index (χ1n) is 12.5. The van der Waals surface area contributed by atoms with Crippen LogP contribution in [0.2, 0.25) is 0 Å². The molecule has 0 radical (unpaired) electrons. The van der Waals surface area contributed by atoms with Crippen LogP contribution in [0.25, 0.3) is 21.9 Å². The minimum atomic E-state index is -0.193. The van der Waals surface area contributed by atoms with Gasteiger partial charge >= 0.3 is 0 Å². The van der Waals surface area contributed by atoms with Crippen LogP contribution in [-0.4, -0.2) is 42.0 Å². The van der Waals surface area contributed by atoms with E-state index in [1.807, 2.05) is 60.7 Å². The fraction of sp³-hybridized carbons (Fsp3) is 0.258. The maximum Gasteiger partial charge on any atom is 0.197 e. The SMILES string of the molecule is O=C(c1ccccc1O)c1ccc2ccccc2c1-c1ccc(OCCN2CCCCCC2)cc1. The van der Waals surface area contributed by atoms with Crippen LogP contribution in [0.5, 0.6) is 11.5 Å². The Morgan fingerprint density at radius 2 is 1.49 bits per heavy atom. The number of phenols is 1. The Bertz CT molecular complexity index is 1300. The quantitative estimate of drug-likeness (QED) is 0.309. The molecule has 0 bridgehead atoms. The van der Waals surface area contributed by atoms with Crippen molar-refractivity contribution in [1.82, 2.24) is 4.90 Å². The first kappa shape index (κ1) is 23.1. The molecule has 1 aliphatic heterocycles. The lowest BCUT2D eigenvalue weighted by atomic mass is 9.89. The average molecular weight is 466 g/mol. The topological polar surface area (TPSA) is 49.8 Å². The van der Waals surface area contributed by atoms with E-state index < -0.39 is 0 Å². The van der Waals surface area contributed by atoms with Crippen molar-refractivity contribution in [3.63, 3.8) is 0 Å². The van der Waals surface area contributed by atoms with Gasteiger partial charge in [-0.2, -0.15) is 0 Å². The molecule has 0 amide bonds. The minimum absolute atomic E-state index is 0.00948. The number of fused-ring (bicyclic) bond motifs is 1. The van der Waals surface area contributed by atoms with Gasteiger partial charge in [-0.3, -0.25) is 9.69 Å². The zero-order valence-corrected chi connectivity index (χ0v) is 20.0. The van der Waals surface area contributed by atoms with E-state index in [1.165, 1.54) is 25.7 Å². The maximum atomic E-state index is 13.5. The second-order valence-electron chi connectivity index (χ2n) is 9.18. The number of phenolic OH excluding ortho intramolecular Hbond substituents is 1. The molecule has 1 heterocycles. The molecule has 1 saturated heterocycles. The number of ketones is 1. The summed E-state index contributed by atoms with van der Waals surface area (Å²) in [5, 5.41) is 12.4. The number of hydrogen-bond acceptors (Lipinski definition) is 4. The summed E-state index contributed by atoms with van der Waals surface area (Å²) in [6.07, 6.45) is 5.23. The molecule has 0 atom stereocenters. The number of nitrogens with zero attached hydrogens (tertiary/aromatic N) is 1. The van der Waals surface area contributed by atoms with Crippen molar-refractivity contribution in [1.29, 1.82) is 0 Å². The van der Waals surface area contributed by atoms with Crippen LogP contribution in [-0.2, 0) is 0 Å². The number of likely N-dealkylation sites (tertiary alicyclic amines) is 1. The highest BCUT2D eigenvalue weighted by Gasteiger charge is 2.20. The first-order valence-corrected chi connectivity index (χ1v) is 12.5. The summed E-state index contributed by atoms with van der Waals surface area (Å²) >= 11 is 0. The highest BCUT2D eigenvalue weighted by Crippen LogP contribution is 2.35. The van der Waals surface area contributed by atoms with Gasteiger partial charge in [0.05, 0.1) is 5.56 Å². The highest BCUT2D eigenvalue weighted by molar-refractivity contribution is 6.18. The largest absolute Gasteiger partial charge is 0.507 e. The number of carbonyl (C=O) groups excluding carboxylic acids is 1. The molecule has 1 aliphatic rings. The molecule has 178 valence electrons. The van der Waals surface area contributed by atoms with Crippen molar-refractivity contribution in [3.8, 4) is 22.6 Å². The van der Waals surface area contributed by atoms with Gasteiger partial charge in [0.1, 0.15) is 18.1 Å². The molecule has 0 aliphatic carbocycles. The summed E-state index contributed by atoms with van der Waals surface area (Å²) in [6, 6.07) is 26.6. The molecule has 5 rings (SSSR count). The third-order valence-corrected chi connectivity index (χ3v) is 6.84. The molecule has 4 aromatic carbocycles. The number of para-hydroxylation sites is 1. The zero-order chi connectivity index (χ0) is 24.0. The summed E-state index contributed by atoms with van der Waals surface area (Å²) in [4.78, 5) is 16.0. The summed E-state index contributed by atoms with van der Waals surface area (Å²) in [7, 11) is 0. The van der Waals surface area contributed by atoms with Crippen LogP contribution in [0.15, 0.2) is 84.9 Å². The summed E-state index contributed by atoms with van der Waals surface area (Å²) < 4.78 is 6.05. The Morgan fingerprint density at radius 1 is 0.771 bits per heavy atom. The first-order chi connectivity index (χ1) is 17.2. The molecule has 0 aromatic heterocycles. The number of hydrogen-bond donors (Lipinski definition) is 1. The second-order valence-corrected chi connectivity index (χ2v) is 9.18. The lowest BCUT2D eigenvalue weighted by Gasteiger charge is -2.19. The Labute approximate surface area is 206 Å². The molecule has 0 spiro atoms. The van der Waals surface area contributed by atoms with Crippen molar-refractivity contribution in [2.75, 3.05) is 26.2 Å². The predicted octanol–water partition coefficient (Wildman–Crippen LogP) is 6.70. The zero-order valence-electron chi connectivity index (χ0n) is 20.0. The van der Waals surface area contributed by atoms with Crippen molar-refractivity contribution in [2.45, 2.75) is 25.7 Å². The molecule has 0 unspecified atom stereocenters. The van der Waals surface area contributed by atoms with E-state index in [0.717, 1.165) is 47.3 Å². The fourth-order valence-corrected chi connectivity index (χ4v) is 4.95. The van der Waals surface area contributed by atoms with Crippen LogP contribution < -0.4 is 4.74 Å². The van der Waals surface area contributed by atoms with E-state index in [2.05, 4.69) is 4.90 Å². The Kier molecular flexibility index (Phi) is 7.10. The average Bonchev–Trinajstić information content (AvgIpc) is 3.17. The van der Waals surface area contributed by atoms with Gasteiger partial charge in [-0.15, -0.1) is 0 Å². The van der Waals surface area contributed by atoms with Gasteiger partial charge in [0.25, 0.3) is 0 Å². The normalized spacial score (nSPS) is 14.5. The third kappa shape index (κ3) is 5.23. The molecule has 4 nitrogen and oxygen atoms in total. The van der Waals surface area contributed by atoms with E-state index in [4.69, 9.17) is 4.74 Å². The molecule has 0 saturated carbocycles.